The van der Waals surface area contributed by atoms with Crippen molar-refractivity contribution in [2.24, 2.45) is 11.7 Å². The van der Waals surface area contributed by atoms with E-state index in [1.54, 1.807) is 0 Å². The molecule has 104 valence electrons. The Morgan fingerprint density at radius 2 is 2.16 bits per heavy atom. The molecule has 1 aromatic heterocycles. The number of hydrogen-bond acceptors (Lipinski definition) is 3. The van der Waals surface area contributed by atoms with Crippen LogP contribution in [0.2, 0.25) is 0 Å². The fourth-order valence-corrected chi connectivity index (χ4v) is 3.93. The molecule has 2 rings (SSSR count). The summed E-state index contributed by atoms with van der Waals surface area (Å²) in [5, 5.41) is 4.83. The highest BCUT2D eigenvalue weighted by atomic mass is 79.9. The van der Waals surface area contributed by atoms with Crippen LogP contribution in [0, 0.1) is 5.92 Å². The number of amides is 1. The zero-order valence-corrected chi connectivity index (χ0v) is 13.7. The van der Waals surface area contributed by atoms with Crippen molar-refractivity contribution in [1.29, 1.82) is 0 Å². The van der Waals surface area contributed by atoms with Gasteiger partial charge in [-0.25, -0.2) is 0 Å². The van der Waals surface area contributed by atoms with Crippen LogP contribution >= 0.6 is 39.5 Å². The maximum Gasteiger partial charge on any atom is 0.252 e. The summed E-state index contributed by atoms with van der Waals surface area (Å²) >= 11 is 9.98. The van der Waals surface area contributed by atoms with Crippen LogP contribution in [-0.4, -0.2) is 16.9 Å². The van der Waals surface area contributed by atoms with E-state index in [0.29, 0.717) is 16.5 Å². The lowest BCUT2D eigenvalue weighted by molar-refractivity contribution is 0.0932. The van der Waals surface area contributed by atoms with Gasteiger partial charge in [0.2, 0.25) is 0 Å². The fraction of sp³-hybridized carbons (Fsp3) is 0.538. The molecule has 0 aliphatic heterocycles. The third-order valence-electron chi connectivity index (χ3n) is 3.54. The Hall–Kier alpha value is -0.460. The SMILES string of the molecule is NC(=S)C(NC(=O)c1csc(Br)c1)C1CCCCC1. The number of nitrogens with one attached hydrogen (secondary N) is 1. The lowest BCUT2D eigenvalue weighted by atomic mass is 9.83. The first-order valence-electron chi connectivity index (χ1n) is 6.42. The van der Waals surface area contributed by atoms with Crippen LogP contribution in [0.3, 0.4) is 0 Å². The van der Waals surface area contributed by atoms with Crippen LogP contribution < -0.4 is 11.1 Å². The summed E-state index contributed by atoms with van der Waals surface area (Å²) in [5.41, 5.74) is 6.47. The van der Waals surface area contributed by atoms with Crippen LogP contribution in [0.4, 0.5) is 0 Å². The largest absolute Gasteiger partial charge is 0.392 e. The Labute approximate surface area is 131 Å². The molecule has 1 unspecified atom stereocenters. The highest BCUT2D eigenvalue weighted by molar-refractivity contribution is 9.11. The summed E-state index contributed by atoms with van der Waals surface area (Å²) in [6.07, 6.45) is 5.85. The molecule has 3 nitrogen and oxygen atoms in total. The number of thiocarbonyl (C=S) groups is 1. The summed E-state index contributed by atoms with van der Waals surface area (Å²) in [6, 6.07) is 1.64. The Balaban J connectivity index is 2.04. The molecule has 1 aromatic rings. The van der Waals surface area contributed by atoms with Crippen molar-refractivity contribution in [2.45, 2.75) is 38.1 Å². The molecule has 1 fully saturated rings. The maximum atomic E-state index is 12.2. The molecular formula is C13H17BrN2OS2. The minimum Gasteiger partial charge on any atom is -0.392 e. The summed E-state index contributed by atoms with van der Waals surface area (Å²) in [6.45, 7) is 0. The number of thiophene rings is 1. The van der Waals surface area contributed by atoms with E-state index in [-0.39, 0.29) is 11.9 Å². The zero-order chi connectivity index (χ0) is 13.8. The smallest absolute Gasteiger partial charge is 0.252 e. The minimum absolute atomic E-state index is 0.0923. The number of hydrogen-bond donors (Lipinski definition) is 2. The average Bonchev–Trinajstić information content (AvgIpc) is 2.83. The van der Waals surface area contributed by atoms with Gasteiger partial charge in [0.25, 0.3) is 5.91 Å². The van der Waals surface area contributed by atoms with Gasteiger partial charge in [0.05, 0.1) is 20.4 Å². The standard InChI is InChI=1S/C13H17BrN2OS2/c14-10-6-9(7-19-10)13(17)16-11(12(15)18)8-4-2-1-3-5-8/h6-8,11H,1-5H2,(H2,15,18)(H,16,17). The molecule has 1 aliphatic rings. The predicted molar refractivity (Wildman–Crippen MR) is 86.6 cm³/mol. The van der Waals surface area contributed by atoms with Crippen LogP contribution in [0.1, 0.15) is 42.5 Å². The predicted octanol–water partition coefficient (Wildman–Crippen LogP) is 3.48. The van der Waals surface area contributed by atoms with E-state index in [1.165, 1.54) is 30.6 Å². The van der Waals surface area contributed by atoms with E-state index in [9.17, 15) is 4.79 Å². The molecule has 1 amide bonds. The van der Waals surface area contributed by atoms with Gasteiger partial charge in [-0.1, -0.05) is 31.5 Å². The molecule has 1 aliphatic carbocycles. The molecular weight excluding hydrogens is 344 g/mol. The van der Waals surface area contributed by atoms with E-state index < -0.39 is 0 Å². The van der Waals surface area contributed by atoms with Crippen molar-refractivity contribution >= 4 is 50.4 Å². The molecule has 0 bridgehead atoms. The van der Waals surface area contributed by atoms with Gasteiger partial charge in [-0.2, -0.15) is 0 Å². The van der Waals surface area contributed by atoms with Crippen LogP contribution in [0.5, 0.6) is 0 Å². The van der Waals surface area contributed by atoms with Gasteiger partial charge >= 0.3 is 0 Å². The van der Waals surface area contributed by atoms with Gasteiger partial charge < -0.3 is 11.1 Å². The second kappa shape index (κ2) is 6.81. The van der Waals surface area contributed by atoms with Gasteiger partial charge in [0.15, 0.2) is 0 Å². The lowest BCUT2D eigenvalue weighted by Crippen LogP contribution is -2.48. The average molecular weight is 361 g/mol. The summed E-state index contributed by atoms with van der Waals surface area (Å²) in [7, 11) is 0. The molecule has 1 saturated carbocycles. The third-order valence-corrected chi connectivity index (χ3v) is 5.30. The monoisotopic (exact) mass is 360 g/mol. The van der Waals surface area contributed by atoms with Crippen molar-refractivity contribution in [3.05, 3.63) is 20.8 Å². The molecule has 0 radical (unpaired) electrons. The lowest BCUT2D eigenvalue weighted by Gasteiger charge is -2.30. The molecule has 0 spiro atoms. The first-order chi connectivity index (χ1) is 9.08. The van der Waals surface area contributed by atoms with E-state index in [0.717, 1.165) is 16.6 Å². The van der Waals surface area contributed by atoms with Gasteiger partial charge in [0, 0.05) is 5.38 Å². The topological polar surface area (TPSA) is 55.1 Å². The normalized spacial score (nSPS) is 17.9. The first-order valence-corrected chi connectivity index (χ1v) is 8.50. The number of halogens is 1. The molecule has 3 N–H and O–H groups in total. The van der Waals surface area contributed by atoms with Crippen molar-refractivity contribution in [1.82, 2.24) is 5.32 Å². The Morgan fingerprint density at radius 3 is 2.68 bits per heavy atom. The molecule has 0 aromatic carbocycles. The van der Waals surface area contributed by atoms with E-state index in [2.05, 4.69) is 21.2 Å². The minimum atomic E-state index is -0.179. The van der Waals surface area contributed by atoms with Crippen molar-refractivity contribution in [3.63, 3.8) is 0 Å². The number of carbonyl (C=O) groups excluding carboxylic acids is 1. The molecule has 0 saturated heterocycles. The molecule has 1 heterocycles. The quantitative estimate of drug-likeness (QED) is 0.808. The third kappa shape index (κ3) is 4.00. The number of rotatable bonds is 4. The summed E-state index contributed by atoms with van der Waals surface area (Å²) < 4.78 is 0.946. The van der Waals surface area contributed by atoms with Gasteiger partial charge in [0.1, 0.15) is 0 Å². The molecule has 1 atom stereocenters. The summed E-state index contributed by atoms with van der Waals surface area (Å²) in [5.74, 6) is 0.294. The maximum absolute atomic E-state index is 12.2. The Morgan fingerprint density at radius 1 is 1.47 bits per heavy atom. The van der Waals surface area contributed by atoms with Gasteiger partial charge in [-0.05, 0) is 40.8 Å². The van der Waals surface area contributed by atoms with Crippen LogP contribution in [0.15, 0.2) is 15.2 Å². The van der Waals surface area contributed by atoms with E-state index >= 15 is 0 Å². The number of nitrogens with two attached hydrogens (primary N) is 1. The summed E-state index contributed by atoms with van der Waals surface area (Å²) in [4.78, 5) is 12.6. The van der Waals surface area contributed by atoms with E-state index in [1.807, 2.05) is 11.4 Å². The number of carbonyl (C=O) groups is 1. The Bertz CT molecular complexity index is 469. The van der Waals surface area contributed by atoms with Crippen molar-refractivity contribution in [3.8, 4) is 0 Å². The van der Waals surface area contributed by atoms with E-state index in [4.69, 9.17) is 18.0 Å². The van der Waals surface area contributed by atoms with Crippen molar-refractivity contribution in [2.75, 3.05) is 0 Å². The second-order valence-electron chi connectivity index (χ2n) is 4.89. The highest BCUT2D eigenvalue weighted by Gasteiger charge is 2.27. The molecule has 6 heteroatoms. The van der Waals surface area contributed by atoms with Gasteiger partial charge in [-0.3, -0.25) is 4.79 Å². The highest BCUT2D eigenvalue weighted by Crippen LogP contribution is 2.27. The van der Waals surface area contributed by atoms with Crippen molar-refractivity contribution < 1.29 is 4.79 Å². The fourth-order valence-electron chi connectivity index (χ4n) is 2.54. The van der Waals surface area contributed by atoms with Crippen LogP contribution in [-0.2, 0) is 0 Å². The molecule has 19 heavy (non-hydrogen) atoms. The Kier molecular flexibility index (Phi) is 5.36. The first kappa shape index (κ1) is 14.9. The van der Waals surface area contributed by atoms with Crippen LogP contribution in [0.25, 0.3) is 0 Å². The van der Waals surface area contributed by atoms with Gasteiger partial charge in [-0.15, -0.1) is 11.3 Å². The zero-order valence-electron chi connectivity index (χ0n) is 10.5. The second-order valence-corrected chi connectivity index (χ2v) is 7.65.